The van der Waals surface area contributed by atoms with Gasteiger partial charge in [-0.1, -0.05) is 52.0 Å². The molecule has 0 unspecified atom stereocenters. The summed E-state index contributed by atoms with van der Waals surface area (Å²) in [7, 11) is 0. The molecule has 0 fully saturated rings. The van der Waals surface area contributed by atoms with E-state index in [1.54, 1.807) is 0 Å². The molecule has 0 aromatic heterocycles. The number of rotatable bonds is 6. The summed E-state index contributed by atoms with van der Waals surface area (Å²) in [6, 6.07) is 10.5. The van der Waals surface area contributed by atoms with Crippen LogP contribution in [0, 0.1) is 18.8 Å². The van der Waals surface area contributed by atoms with Crippen molar-refractivity contribution < 1.29 is 9.47 Å². The number of fused-ring (bicyclic) bond motifs is 1. The van der Waals surface area contributed by atoms with E-state index in [0.29, 0.717) is 25.0 Å². The molecule has 0 radical (unpaired) electrons. The minimum atomic E-state index is 0.488. The van der Waals surface area contributed by atoms with Gasteiger partial charge < -0.3 is 9.47 Å². The predicted molar refractivity (Wildman–Crippen MR) is 89.4 cm³/mol. The molecule has 114 valence electrons. The van der Waals surface area contributed by atoms with E-state index in [9.17, 15) is 0 Å². The number of hydrogen-bond donors (Lipinski definition) is 0. The van der Waals surface area contributed by atoms with E-state index in [-0.39, 0.29) is 0 Å². The van der Waals surface area contributed by atoms with Crippen molar-refractivity contribution in [2.75, 3.05) is 13.2 Å². The maximum absolute atomic E-state index is 6.10. The Balaban J connectivity index is 2.47. The van der Waals surface area contributed by atoms with Crippen LogP contribution < -0.4 is 9.47 Å². The molecule has 0 saturated heterocycles. The number of hydrogen-bond acceptors (Lipinski definition) is 2. The Kier molecular flexibility index (Phi) is 5.11. The Morgan fingerprint density at radius 2 is 1.43 bits per heavy atom. The van der Waals surface area contributed by atoms with Gasteiger partial charge in [-0.05, 0) is 35.8 Å². The lowest BCUT2D eigenvalue weighted by Crippen LogP contribution is -2.10. The monoisotopic (exact) mass is 286 g/mol. The summed E-state index contributed by atoms with van der Waals surface area (Å²) in [6.45, 7) is 12.1. The molecule has 0 amide bonds. The van der Waals surface area contributed by atoms with Gasteiger partial charge in [0.15, 0.2) is 11.5 Å². The molecule has 2 aromatic rings. The third kappa shape index (κ3) is 3.90. The number of aryl methyl sites for hydroxylation is 1. The third-order valence-corrected chi connectivity index (χ3v) is 3.26. The standard InChI is InChI=1S/C19H26O2/c1-13(2)11-20-18-15(5)10-16-8-6-7-9-17(16)19(18)21-12-14(3)4/h6-10,13-14H,11-12H2,1-5H3. The van der Waals surface area contributed by atoms with E-state index in [2.05, 4.69) is 58.9 Å². The van der Waals surface area contributed by atoms with E-state index in [0.717, 1.165) is 22.4 Å². The summed E-state index contributed by atoms with van der Waals surface area (Å²) in [4.78, 5) is 0. The molecule has 0 aliphatic carbocycles. The van der Waals surface area contributed by atoms with E-state index in [4.69, 9.17) is 9.47 Å². The molecule has 0 heterocycles. The van der Waals surface area contributed by atoms with Crippen molar-refractivity contribution in [3.63, 3.8) is 0 Å². The number of benzene rings is 2. The van der Waals surface area contributed by atoms with Crippen LogP contribution >= 0.6 is 0 Å². The van der Waals surface area contributed by atoms with Crippen LogP contribution in [0.25, 0.3) is 10.8 Å². The van der Waals surface area contributed by atoms with Crippen LogP contribution in [0.3, 0.4) is 0 Å². The molecule has 0 bridgehead atoms. The van der Waals surface area contributed by atoms with E-state index < -0.39 is 0 Å². The van der Waals surface area contributed by atoms with E-state index >= 15 is 0 Å². The summed E-state index contributed by atoms with van der Waals surface area (Å²) >= 11 is 0. The van der Waals surface area contributed by atoms with Gasteiger partial charge in [-0.25, -0.2) is 0 Å². The van der Waals surface area contributed by atoms with E-state index in [1.807, 2.05) is 6.07 Å². The first kappa shape index (κ1) is 15.7. The van der Waals surface area contributed by atoms with Gasteiger partial charge in [0.1, 0.15) is 0 Å². The fourth-order valence-electron chi connectivity index (χ4n) is 2.25. The maximum atomic E-state index is 6.10. The molecule has 2 nitrogen and oxygen atoms in total. The minimum absolute atomic E-state index is 0.488. The van der Waals surface area contributed by atoms with Crippen LogP contribution in [0.1, 0.15) is 33.3 Å². The lowest BCUT2D eigenvalue weighted by atomic mass is 10.0. The zero-order chi connectivity index (χ0) is 15.4. The number of ether oxygens (including phenoxy) is 2. The SMILES string of the molecule is Cc1cc2ccccc2c(OCC(C)C)c1OCC(C)C. The summed E-state index contributed by atoms with van der Waals surface area (Å²) in [5.74, 6) is 2.76. The highest BCUT2D eigenvalue weighted by atomic mass is 16.5. The van der Waals surface area contributed by atoms with Crippen molar-refractivity contribution in [1.29, 1.82) is 0 Å². The van der Waals surface area contributed by atoms with Gasteiger partial charge in [-0.2, -0.15) is 0 Å². The normalized spacial score (nSPS) is 11.4. The molecule has 0 spiro atoms. The Morgan fingerprint density at radius 1 is 0.857 bits per heavy atom. The second kappa shape index (κ2) is 6.84. The molecule has 0 N–H and O–H groups in total. The summed E-state index contributed by atoms with van der Waals surface area (Å²) in [6.07, 6.45) is 0. The second-order valence-corrected chi connectivity index (χ2v) is 6.48. The second-order valence-electron chi connectivity index (χ2n) is 6.48. The van der Waals surface area contributed by atoms with E-state index in [1.165, 1.54) is 5.39 Å². The summed E-state index contributed by atoms with van der Waals surface area (Å²) in [5, 5.41) is 2.33. The van der Waals surface area contributed by atoms with Crippen molar-refractivity contribution >= 4 is 10.8 Å². The van der Waals surface area contributed by atoms with Crippen LogP contribution in [0.15, 0.2) is 30.3 Å². The quantitative estimate of drug-likeness (QED) is 0.725. The topological polar surface area (TPSA) is 18.5 Å². The highest BCUT2D eigenvalue weighted by Gasteiger charge is 2.15. The maximum Gasteiger partial charge on any atom is 0.169 e. The molecule has 0 atom stereocenters. The Labute approximate surface area is 128 Å². The largest absolute Gasteiger partial charge is 0.489 e. The van der Waals surface area contributed by atoms with Gasteiger partial charge in [-0.3, -0.25) is 0 Å². The molecule has 0 aliphatic rings. The van der Waals surface area contributed by atoms with Gasteiger partial charge >= 0.3 is 0 Å². The Morgan fingerprint density at radius 3 is 2.05 bits per heavy atom. The molecule has 2 aromatic carbocycles. The van der Waals surface area contributed by atoms with Crippen molar-refractivity contribution in [2.45, 2.75) is 34.6 Å². The molecular weight excluding hydrogens is 260 g/mol. The zero-order valence-corrected chi connectivity index (χ0v) is 13.8. The van der Waals surface area contributed by atoms with Gasteiger partial charge in [0.2, 0.25) is 0 Å². The Bertz CT molecular complexity index is 600. The predicted octanol–water partition coefficient (Wildman–Crippen LogP) is 5.22. The molecule has 2 rings (SSSR count). The smallest absolute Gasteiger partial charge is 0.169 e. The van der Waals surface area contributed by atoms with Gasteiger partial charge in [0.25, 0.3) is 0 Å². The lowest BCUT2D eigenvalue weighted by molar-refractivity contribution is 0.230. The van der Waals surface area contributed by atoms with Crippen LogP contribution in [-0.4, -0.2) is 13.2 Å². The highest BCUT2D eigenvalue weighted by molar-refractivity contribution is 5.91. The zero-order valence-electron chi connectivity index (χ0n) is 13.8. The first-order valence-electron chi connectivity index (χ1n) is 7.77. The Hall–Kier alpha value is -1.70. The van der Waals surface area contributed by atoms with Crippen LogP contribution in [0.2, 0.25) is 0 Å². The first-order chi connectivity index (χ1) is 9.99. The lowest BCUT2D eigenvalue weighted by Gasteiger charge is -2.19. The minimum Gasteiger partial charge on any atom is -0.489 e. The highest BCUT2D eigenvalue weighted by Crippen LogP contribution is 2.39. The van der Waals surface area contributed by atoms with Crippen molar-refractivity contribution in [3.05, 3.63) is 35.9 Å². The molecule has 2 heteroatoms. The van der Waals surface area contributed by atoms with Gasteiger partial charge in [-0.15, -0.1) is 0 Å². The van der Waals surface area contributed by atoms with Gasteiger partial charge in [0, 0.05) is 5.39 Å². The molecular formula is C19H26O2. The van der Waals surface area contributed by atoms with Crippen LogP contribution in [0.4, 0.5) is 0 Å². The molecule has 21 heavy (non-hydrogen) atoms. The van der Waals surface area contributed by atoms with Crippen molar-refractivity contribution in [2.24, 2.45) is 11.8 Å². The average molecular weight is 286 g/mol. The van der Waals surface area contributed by atoms with Crippen molar-refractivity contribution in [3.8, 4) is 11.5 Å². The fourth-order valence-corrected chi connectivity index (χ4v) is 2.25. The van der Waals surface area contributed by atoms with Crippen molar-refractivity contribution in [1.82, 2.24) is 0 Å². The third-order valence-electron chi connectivity index (χ3n) is 3.26. The fraction of sp³-hybridized carbons (Fsp3) is 0.474. The van der Waals surface area contributed by atoms with Crippen LogP contribution in [-0.2, 0) is 0 Å². The average Bonchev–Trinajstić information content (AvgIpc) is 2.42. The van der Waals surface area contributed by atoms with Gasteiger partial charge in [0.05, 0.1) is 13.2 Å². The molecule has 0 aliphatic heterocycles. The summed E-state index contributed by atoms with van der Waals surface area (Å²) < 4.78 is 12.1. The first-order valence-corrected chi connectivity index (χ1v) is 7.77. The summed E-state index contributed by atoms with van der Waals surface area (Å²) in [5.41, 5.74) is 1.13. The molecule has 0 saturated carbocycles. The van der Waals surface area contributed by atoms with Crippen LogP contribution in [0.5, 0.6) is 11.5 Å².